The molecule has 5 nitrogen and oxygen atoms in total. The molecule has 1 atom stereocenters. The summed E-state index contributed by atoms with van der Waals surface area (Å²) in [7, 11) is 0. The van der Waals surface area contributed by atoms with Gasteiger partial charge in [0.2, 0.25) is 0 Å². The summed E-state index contributed by atoms with van der Waals surface area (Å²) in [5.74, 6) is -0.214. The van der Waals surface area contributed by atoms with Crippen molar-refractivity contribution in [2.75, 3.05) is 0 Å². The molecule has 90 valence electrons. The van der Waals surface area contributed by atoms with Crippen LogP contribution in [0.25, 0.3) is 0 Å². The summed E-state index contributed by atoms with van der Waals surface area (Å²) >= 11 is 0. The zero-order valence-corrected chi connectivity index (χ0v) is 9.97. The van der Waals surface area contributed by atoms with Gasteiger partial charge in [-0.2, -0.15) is 0 Å². The Hall–Kier alpha value is -2.04. The number of aromatic nitrogens is 2. The normalized spacial score (nSPS) is 12.6. The van der Waals surface area contributed by atoms with E-state index in [4.69, 9.17) is 9.63 Å². The van der Waals surface area contributed by atoms with E-state index in [1.165, 1.54) is 0 Å². The monoisotopic (exact) mass is 234 g/mol. The van der Waals surface area contributed by atoms with Crippen LogP contribution in [-0.4, -0.2) is 20.8 Å². The van der Waals surface area contributed by atoms with Crippen molar-refractivity contribution < 1.29 is 14.4 Å². The van der Waals surface area contributed by atoms with Gasteiger partial charge in [0, 0.05) is 11.8 Å². The van der Waals surface area contributed by atoms with E-state index in [0.29, 0.717) is 0 Å². The third kappa shape index (κ3) is 1.84. The summed E-state index contributed by atoms with van der Waals surface area (Å²) < 4.78 is 6.81. The Labute approximate surface area is 98.7 Å². The Morgan fingerprint density at radius 2 is 2.24 bits per heavy atom. The third-order valence-electron chi connectivity index (χ3n) is 2.92. The van der Waals surface area contributed by atoms with Crippen LogP contribution in [0.15, 0.2) is 22.9 Å². The molecule has 0 fully saturated rings. The number of aryl methyl sites for hydroxylation is 2. The number of rotatable bonds is 3. The van der Waals surface area contributed by atoms with Crippen LogP contribution in [0.2, 0.25) is 0 Å². The maximum Gasteiger partial charge on any atom is 0.352 e. The Morgan fingerprint density at radius 3 is 2.76 bits per heavy atom. The molecule has 1 N–H and O–H groups in total. The van der Waals surface area contributed by atoms with Crippen molar-refractivity contribution in [1.29, 1.82) is 0 Å². The maximum atomic E-state index is 11.1. The molecule has 0 aliphatic carbocycles. The largest absolute Gasteiger partial charge is 0.477 e. The zero-order valence-electron chi connectivity index (χ0n) is 9.97. The minimum atomic E-state index is -0.936. The SMILES string of the molecule is Cc1noc(C)c1C(C)n1cccc1C(=O)O. The number of aromatic carboxylic acids is 1. The van der Waals surface area contributed by atoms with Crippen LogP contribution in [0, 0.1) is 13.8 Å². The van der Waals surface area contributed by atoms with Gasteiger partial charge in [-0.05, 0) is 32.9 Å². The van der Waals surface area contributed by atoms with Gasteiger partial charge < -0.3 is 14.2 Å². The minimum Gasteiger partial charge on any atom is -0.477 e. The first-order valence-electron chi connectivity index (χ1n) is 5.35. The van der Waals surface area contributed by atoms with Crippen molar-refractivity contribution in [3.63, 3.8) is 0 Å². The van der Waals surface area contributed by atoms with Gasteiger partial charge in [-0.3, -0.25) is 0 Å². The second kappa shape index (κ2) is 4.08. The topological polar surface area (TPSA) is 68.3 Å². The summed E-state index contributed by atoms with van der Waals surface area (Å²) in [4.78, 5) is 11.1. The predicted octanol–water partition coefficient (Wildman–Crippen LogP) is 2.40. The Bertz CT molecular complexity index is 534. The molecule has 1 unspecified atom stereocenters. The first kappa shape index (κ1) is 11.4. The second-order valence-corrected chi connectivity index (χ2v) is 4.02. The summed E-state index contributed by atoms with van der Waals surface area (Å²) in [6.45, 7) is 5.61. The Morgan fingerprint density at radius 1 is 1.53 bits per heavy atom. The first-order valence-corrected chi connectivity index (χ1v) is 5.35. The van der Waals surface area contributed by atoms with E-state index >= 15 is 0 Å². The number of carboxylic acid groups (broad SMARTS) is 1. The van der Waals surface area contributed by atoms with Crippen LogP contribution < -0.4 is 0 Å². The average Bonchev–Trinajstić information content (AvgIpc) is 2.85. The summed E-state index contributed by atoms with van der Waals surface area (Å²) in [5.41, 5.74) is 1.99. The fourth-order valence-corrected chi connectivity index (χ4v) is 2.14. The molecule has 0 aromatic carbocycles. The summed E-state index contributed by atoms with van der Waals surface area (Å²) in [6.07, 6.45) is 1.75. The van der Waals surface area contributed by atoms with Gasteiger partial charge >= 0.3 is 5.97 Å². The quantitative estimate of drug-likeness (QED) is 0.885. The molecular formula is C12H14N2O3. The number of carboxylic acids is 1. The van der Waals surface area contributed by atoms with Crippen LogP contribution >= 0.6 is 0 Å². The highest BCUT2D eigenvalue weighted by atomic mass is 16.5. The fourth-order valence-electron chi connectivity index (χ4n) is 2.14. The number of hydrogen-bond donors (Lipinski definition) is 1. The molecule has 0 aliphatic heterocycles. The molecule has 0 saturated carbocycles. The molecule has 0 bridgehead atoms. The lowest BCUT2D eigenvalue weighted by Crippen LogP contribution is -2.13. The van der Waals surface area contributed by atoms with Crippen molar-refractivity contribution in [3.8, 4) is 0 Å². The van der Waals surface area contributed by atoms with Gasteiger partial charge in [0.25, 0.3) is 0 Å². The lowest BCUT2D eigenvalue weighted by molar-refractivity contribution is 0.0684. The van der Waals surface area contributed by atoms with Crippen molar-refractivity contribution in [2.24, 2.45) is 0 Å². The molecule has 17 heavy (non-hydrogen) atoms. The van der Waals surface area contributed by atoms with E-state index in [9.17, 15) is 4.79 Å². The molecule has 5 heteroatoms. The second-order valence-electron chi connectivity index (χ2n) is 4.02. The highest BCUT2D eigenvalue weighted by molar-refractivity contribution is 5.85. The Balaban J connectivity index is 2.47. The number of nitrogens with zero attached hydrogens (tertiary/aromatic N) is 2. The lowest BCUT2D eigenvalue weighted by Gasteiger charge is -2.15. The molecule has 0 spiro atoms. The summed E-state index contributed by atoms with van der Waals surface area (Å²) in [6, 6.07) is 3.19. The molecule has 2 aromatic heterocycles. The molecule has 2 aromatic rings. The zero-order chi connectivity index (χ0) is 12.6. The average molecular weight is 234 g/mol. The molecule has 0 radical (unpaired) electrons. The first-order chi connectivity index (χ1) is 8.02. The molecule has 0 saturated heterocycles. The molecule has 2 rings (SSSR count). The van der Waals surface area contributed by atoms with E-state index in [1.54, 1.807) is 22.9 Å². The fraction of sp³-hybridized carbons (Fsp3) is 0.333. The molecule has 0 aliphatic rings. The number of carbonyl (C=O) groups is 1. The van der Waals surface area contributed by atoms with Crippen LogP contribution in [0.3, 0.4) is 0 Å². The van der Waals surface area contributed by atoms with Gasteiger partial charge in [0.05, 0.1) is 11.7 Å². The summed E-state index contributed by atoms with van der Waals surface area (Å²) in [5, 5.41) is 13.0. The highest BCUT2D eigenvalue weighted by Gasteiger charge is 2.21. The maximum absolute atomic E-state index is 11.1. The predicted molar refractivity (Wildman–Crippen MR) is 61.2 cm³/mol. The minimum absolute atomic E-state index is 0.109. The van der Waals surface area contributed by atoms with Gasteiger partial charge in [0.15, 0.2) is 0 Å². The van der Waals surface area contributed by atoms with Crippen LogP contribution in [0.5, 0.6) is 0 Å². The molecule has 0 amide bonds. The van der Waals surface area contributed by atoms with Crippen LogP contribution in [-0.2, 0) is 0 Å². The van der Waals surface area contributed by atoms with Gasteiger partial charge in [0.1, 0.15) is 11.5 Å². The van der Waals surface area contributed by atoms with Crippen molar-refractivity contribution in [2.45, 2.75) is 26.8 Å². The Kier molecular flexibility index (Phi) is 2.75. The van der Waals surface area contributed by atoms with Crippen molar-refractivity contribution in [1.82, 2.24) is 9.72 Å². The molecule has 2 heterocycles. The van der Waals surface area contributed by atoms with Crippen LogP contribution in [0.1, 0.15) is 40.5 Å². The van der Waals surface area contributed by atoms with E-state index < -0.39 is 5.97 Å². The van der Waals surface area contributed by atoms with E-state index in [0.717, 1.165) is 17.0 Å². The lowest BCUT2D eigenvalue weighted by atomic mass is 10.1. The van der Waals surface area contributed by atoms with E-state index in [1.807, 2.05) is 20.8 Å². The van der Waals surface area contributed by atoms with Crippen molar-refractivity contribution in [3.05, 3.63) is 41.0 Å². The highest BCUT2D eigenvalue weighted by Crippen LogP contribution is 2.26. The van der Waals surface area contributed by atoms with Crippen LogP contribution in [0.4, 0.5) is 0 Å². The van der Waals surface area contributed by atoms with Gasteiger partial charge in [-0.25, -0.2) is 4.79 Å². The molecular weight excluding hydrogens is 220 g/mol. The number of hydrogen-bond acceptors (Lipinski definition) is 3. The van der Waals surface area contributed by atoms with Gasteiger partial charge in [-0.1, -0.05) is 5.16 Å². The van der Waals surface area contributed by atoms with Crippen molar-refractivity contribution >= 4 is 5.97 Å². The smallest absolute Gasteiger partial charge is 0.352 e. The standard InChI is InChI=1S/C12H14N2O3/c1-7-11(9(3)17-13-7)8(2)14-6-4-5-10(14)12(15)16/h4-6,8H,1-3H3,(H,15,16). The van der Waals surface area contributed by atoms with E-state index in [-0.39, 0.29) is 11.7 Å². The van der Waals surface area contributed by atoms with Gasteiger partial charge in [-0.15, -0.1) is 0 Å². The van der Waals surface area contributed by atoms with E-state index in [2.05, 4.69) is 5.16 Å². The third-order valence-corrected chi connectivity index (χ3v) is 2.92.